The van der Waals surface area contributed by atoms with Gasteiger partial charge in [-0.05, 0) is 38.1 Å². The Labute approximate surface area is 99.8 Å². The molecule has 0 amide bonds. The van der Waals surface area contributed by atoms with Crippen LogP contribution in [-0.2, 0) is 6.54 Å². The molecule has 0 aliphatic rings. The molecule has 0 saturated carbocycles. The highest BCUT2D eigenvalue weighted by Gasteiger charge is 2.07. The van der Waals surface area contributed by atoms with Crippen molar-refractivity contribution in [2.24, 2.45) is 5.73 Å². The van der Waals surface area contributed by atoms with E-state index in [0.717, 1.165) is 22.3 Å². The molecule has 17 heavy (non-hydrogen) atoms. The number of fused-ring (bicyclic) bond motifs is 1. The number of rotatable bonds is 3. The van der Waals surface area contributed by atoms with Crippen LogP contribution in [0.25, 0.3) is 10.9 Å². The third-order valence-electron chi connectivity index (χ3n) is 2.48. The minimum atomic E-state index is -0.258. The van der Waals surface area contributed by atoms with Crippen LogP contribution in [0.3, 0.4) is 0 Å². The molecule has 3 N–H and O–H groups in total. The Morgan fingerprint density at radius 1 is 1.35 bits per heavy atom. The van der Waals surface area contributed by atoms with Crippen molar-refractivity contribution in [3.8, 4) is 0 Å². The summed E-state index contributed by atoms with van der Waals surface area (Å²) in [5.74, 6) is -0.258. The summed E-state index contributed by atoms with van der Waals surface area (Å²) in [5.41, 5.74) is 8.05. The molecule has 0 fully saturated rings. The predicted molar refractivity (Wildman–Crippen MR) is 68.4 cm³/mol. The first-order valence-corrected chi connectivity index (χ1v) is 5.66. The van der Waals surface area contributed by atoms with Crippen molar-refractivity contribution in [2.75, 3.05) is 5.32 Å². The summed E-state index contributed by atoms with van der Waals surface area (Å²) in [6.45, 7) is 4.45. The fourth-order valence-electron chi connectivity index (χ4n) is 1.79. The molecule has 90 valence electrons. The number of pyridine rings is 1. The van der Waals surface area contributed by atoms with E-state index in [4.69, 9.17) is 5.73 Å². The van der Waals surface area contributed by atoms with Gasteiger partial charge in [-0.3, -0.25) is 4.98 Å². The van der Waals surface area contributed by atoms with Crippen LogP contribution in [0.4, 0.5) is 10.1 Å². The quantitative estimate of drug-likeness (QED) is 0.856. The summed E-state index contributed by atoms with van der Waals surface area (Å²) in [6.07, 6.45) is 0. The van der Waals surface area contributed by atoms with Gasteiger partial charge in [0, 0.05) is 23.7 Å². The molecule has 0 bridgehead atoms. The smallest absolute Gasteiger partial charge is 0.124 e. The first-order valence-electron chi connectivity index (χ1n) is 5.66. The van der Waals surface area contributed by atoms with Crippen molar-refractivity contribution >= 4 is 16.6 Å². The van der Waals surface area contributed by atoms with Crippen LogP contribution in [0.2, 0.25) is 0 Å². The third kappa shape index (κ3) is 2.53. The lowest BCUT2D eigenvalue weighted by atomic mass is 10.1. The van der Waals surface area contributed by atoms with Gasteiger partial charge >= 0.3 is 0 Å². The number of halogens is 1. The Morgan fingerprint density at radius 2 is 2.12 bits per heavy atom. The molecule has 4 heteroatoms. The number of hydrogen-bond acceptors (Lipinski definition) is 3. The molecule has 0 unspecified atom stereocenters. The molecule has 0 radical (unpaired) electrons. The Hall–Kier alpha value is -1.68. The van der Waals surface area contributed by atoms with E-state index in [0.29, 0.717) is 6.54 Å². The minimum Gasteiger partial charge on any atom is -0.382 e. The summed E-state index contributed by atoms with van der Waals surface area (Å²) in [5, 5.41) is 4.08. The van der Waals surface area contributed by atoms with Crippen LogP contribution in [0.15, 0.2) is 24.3 Å². The molecule has 1 aromatic heterocycles. The van der Waals surface area contributed by atoms with E-state index >= 15 is 0 Å². The van der Waals surface area contributed by atoms with Crippen molar-refractivity contribution in [1.29, 1.82) is 0 Å². The van der Waals surface area contributed by atoms with Crippen molar-refractivity contribution < 1.29 is 4.39 Å². The van der Waals surface area contributed by atoms with E-state index in [-0.39, 0.29) is 11.9 Å². The van der Waals surface area contributed by atoms with E-state index in [1.165, 1.54) is 12.1 Å². The molecule has 2 rings (SSSR count). The van der Waals surface area contributed by atoms with Gasteiger partial charge in [0.15, 0.2) is 0 Å². The lowest BCUT2D eigenvalue weighted by Crippen LogP contribution is -2.11. The average molecular weight is 233 g/mol. The van der Waals surface area contributed by atoms with Gasteiger partial charge in [0.1, 0.15) is 5.82 Å². The zero-order valence-corrected chi connectivity index (χ0v) is 10.00. The van der Waals surface area contributed by atoms with E-state index in [1.54, 1.807) is 6.07 Å². The van der Waals surface area contributed by atoms with Crippen molar-refractivity contribution in [2.45, 2.75) is 26.4 Å². The number of nitrogens with two attached hydrogens (primary N) is 1. The predicted octanol–water partition coefficient (Wildman–Crippen LogP) is 2.65. The van der Waals surface area contributed by atoms with Gasteiger partial charge in [0.05, 0.1) is 11.2 Å². The van der Waals surface area contributed by atoms with E-state index < -0.39 is 0 Å². The van der Waals surface area contributed by atoms with Crippen molar-refractivity contribution in [3.63, 3.8) is 0 Å². The molecule has 0 aliphatic carbocycles. The summed E-state index contributed by atoms with van der Waals surface area (Å²) >= 11 is 0. The van der Waals surface area contributed by atoms with Gasteiger partial charge in [0.2, 0.25) is 0 Å². The summed E-state index contributed by atoms with van der Waals surface area (Å²) in [4.78, 5) is 4.37. The number of anilines is 1. The second kappa shape index (κ2) is 4.67. The lowest BCUT2D eigenvalue weighted by Gasteiger charge is -2.14. The highest BCUT2D eigenvalue weighted by molar-refractivity contribution is 5.91. The Balaban J connectivity index is 2.63. The molecule has 0 atom stereocenters. The minimum absolute atomic E-state index is 0.258. The number of nitrogens with one attached hydrogen (secondary N) is 1. The van der Waals surface area contributed by atoms with Gasteiger partial charge < -0.3 is 11.1 Å². The maximum absolute atomic E-state index is 13.3. The third-order valence-corrected chi connectivity index (χ3v) is 2.48. The molecule has 0 spiro atoms. The largest absolute Gasteiger partial charge is 0.382 e. The van der Waals surface area contributed by atoms with E-state index in [1.807, 2.05) is 19.9 Å². The highest BCUT2D eigenvalue weighted by Crippen LogP contribution is 2.24. The second-order valence-electron chi connectivity index (χ2n) is 4.33. The standard InChI is InChI=1S/C13H16FN3/c1-8(2)16-13-6-10(7-15)17-12-4-3-9(14)5-11(12)13/h3-6,8H,7,15H2,1-2H3,(H,16,17). The maximum atomic E-state index is 13.3. The average Bonchev–Trinajstić information content (AvgIpc) is 2.28. The zero-order valence-electron chi connectivity index (χ0n) is 10.00. The van der Waals surface area contributed by atoms with Crippen LogP contribution in [0, 0.1) is 5.82 Å². The van der Waals surface area contributed by atoms with Crippen molar-refractivity contribution in [3.05, 3.63) is 35.8 Å². The van der Waals surface area contributed by atoms with Crippen LogP contribution in [0.5, 0.6) is 0 Å². The van der Waals surface area contributed by atoms with Crippen LogP contribution < -0.4 is 11.1 Å². The topological polar surface area (TPSA) is 50.9 Å². The monoisotopic (exact) mass is 233 g/mol. The number of hydrogen-bond donors (Lipinski definition) is 2. The first-order chi connectivity index (χ1) is 8.10. The normalized spacial score (nSPS) is 11.1. The molecule has 0 aliphatic heterocycles. The number of aromatic nitrogens is 1. The van der Waals surface area contributed by atoms with Gasteiger partial charge in [-0.1, -0.05) is 0 Å². The highest BCUT2D eigenvalue weighted by atomic mass is 19.1. The van der Waals surface area contributed by atoms with Crippen molar-refractivity contribution in [1.82, 2.24) is 4.98 Å². The van der Waals surface area contributed by atoms with Crippen LogP contribution >= 0.6 is 0 Å². The zero-order chi connectivity index (χ0) is 12.4. The fraction of sp³-hybridized carbons (Fsp3) is 0.308. The number of nitrogens with zero attached hydrogens (tertiary/aromatic N) is 1. The second-order valence-corrected chi connectivity index (χ2v) is 4.33. The van der Waals surface area contributed by atoms with Crippen LogP contribution in [0.1, 0.15) is 19.5 Å². The SMILES string of the molecule is CC(C)Nc1cc(CN)nc2ccc(F)cc12. The Bertz CT molecular complexity index is 537. The van der Waals surface area contributed by atoms with Gasteiger partial charge in [-0.2, -0.15) is 0 Å². The molecular weight excluding hydrogens is 217 g/mol. The van der Waals surface area contributed by atoms with Gasteiger partial charge in [-0.15, -0.1) is 0 Å². The van der Waals surface area contributed by atoms with Gasteiger partial charge in [-0.25, -0.2) is 4.39 Å². The first kappa shape index (κ1) is 11.8. The molecule has 0 saturated heterocycles. The Morgan fingerprint density at radius 3 is 2.76 bits per heavy atom. The van der Waals surface area contributed by atoms with E-state index in [9.17, 15) is 4.39 Å². The summed E-state index contributed by atoms with van der Waals surface area (Å²) in [7, 11) is 0. The van der Waals surface area contributed by atoms with E-state index in [2.05, 4.69) is 10.3 Å². The summed E-state index contributed by atoms with van der Waals surface area (Å²) < 4.78 is 13.3. The fourth-order valence-corrected chi connectivity index (χ4v) is 1.79. The number of benzene rings is 1. The molecule has 1 heterocycles. The molecular formula is C13H16FN3. The molecule has 3 nitrogen and oxygen atoms in total. The maximum Gasteiger partial charge on any atom is 0.124 e. The molecule has 1 aromatic carbocycles. The van der Waals surface area contributed by atoms with Crippen LogP contribution in [-0.4, -0.2) is 11.0 Å². The Kier molecular flexibility index (Phi) is 3.24. The molecule has 2 aromatic rings. The summed E-state index contributed by atoms with van der Waals surface area (Å²) in [6, 6.07) is 6.73. The van der Waals surface area contributed by atoms with Gasteiger partial charge in [0.25, 0.3) is 0 Å². The lowest BCUT2D eigenvalue weighted by molar-refractivity contribution is 0.629.